The third-order valence-electron chi connectivity index (χ3n) is 3.06. The second-order valence-corrected chi connectivity index (χ2v) is 4.60. The highest BCUT2D eigenvalue weighted by molar-refractivity contribution is 5.60. The van der Waals surface area contributed by atoms with E-state index in [1.165, 1.54) is 12.1 Å². The lowest BCUT2D eigenvalue weighted by Crippen LogP contribution is -2.05. The average Bonchev–Trinajstić information content (AvgIpc) is 2.98. The van der Waals surface area contributed by atoms with Crippen LogP contribution in [0, 0.1) is 11.6 Å². The van der Waals surface area contributed by atoms with Crippen LogP contribution in [-0.2, 0) is 6.54 Å². The highest BCUT2D eigenvalue weighted by atomic mass is 19.1. The van der Waals surface area contributed by atoms with Gasteiger partial charge in [-0.3, -0.25) is 0 Å². The van der Waals surface area contributed by atoms with E-state index in [2.05, 4.69) is 10.4 Å². The van der Waals surface area contributed by atoms with Crippen LogP contribution in [-0.4, -0.2) is 9.78 Å². The minimum atomic E-state index is -0.577. The molecule has 2 aromatic carbocycles. The molecule has 5 heteroatoms. The highest BCUT2D eigenvalue weighted by Gasteiger charge is 2.05. The van der Waals surface area contributed by atoms with Crippen molar-refractivity contribution in [3.8, 4) is 5.69 Å². The van der Waals surface area contributed by atoms with Crippen LogP contribution in [0.5, 0.6) is 0 Å². The fourth-order valence-electron chi connectivity index (χ4n) is 2.14. The summed E-state index contributed by atoms with van der Waals surface area (Å²) in [7, 11) is 0. The van der Waals surface area contributed by atoms with Gasteiger partial charge in [0.1, 0.15) is 11.6 Å². The molecule has 1 aromatic heterocycles. The minimum absolute atomic E-state index is 0.326. The Morgan fingerprint density at radius 2 is 1.76 bits per heavy atom. The van der Waals surface area contributed by atoms with Gasteiger partial charge in [-0.1, -0.05) is 12.1 Å². The zero-order chi connectivity index (χ0) is 14.7. The molecule has 3 rings (SSSR count). The molecule has 0 saturated carbocycles. The molecular weight excluding hydrogens is 272 g/mol. The van der Waals surface area contributed by atoms with Gasteiger partial charge in [-0.15, -0.1) is 0 Å². The van der Waals surface area contributed by atoms with Gasteiger partial charge >= 0.3 is 0 Å². The van der Waals surface area contributed by atoms with Crippen LogP contribution >= 0.6 is 0 Å². The number of hydrogen-bond acceptors (Lipinski definition) is 2. The van der Waals surface area contributed by atoms with Crippen LogP contribution in [0.2, 0.25) is 0 Å². The molecule has 0 atom stereocenters. The van der Waals surface area contributed by atoms with E-state index < -0.39 is 11.6 Å². The second-order valence-electron chi connectivity index (χ2n) is 4.60. The molecule has 106 valence electrons. The molecule has 0 radical (unpaired) electrons. The summed E-state index contributed by atoms with van der Waals surface area (Å²) in [5.41, 5.74) is 2.26. The van der Waals surface area contributed by atoms with Crippen molar-refractivity contribution in [1.82, 2.24) is 9.78 Å². The molecular formula is C16H13F2N3. The molecule has 1 N–H and O–H groups in total. The Balaban J connectivity index is 1.82. The van der Waals surface area contributed by atoms with Gasteiger partial charge in [-0.2, -0.15) is 5.10 Å². The van der Waals surface area contributed by atoms with Crippen molar-refractivity contribution in [1.29, 1.82) is 0 Å². The van der Waals surface area contributed by atoms with Gasteiger partial charge in [0.15, 0.2) is 0 Å². The third kappa shape index (κ3) is 3.08. The molecule has 3 aromatic rings. The summed E-state index contributed by atoms with van der Waals surface area (Å²) in [4.78, 5) is 0. The van der Waals surface area contributed by atoms with Crippen LogP contribution < -0.4 is 5.32 Å². The zero-order valence-corrected chi connectivity index (χ0v) is 11.1. The van der Waals surface area contributed by atoms with Crippen molar-refractivity contribution in [2.75, 3.05) is 5.32 Å². The first-order valence-electron chi connectivity index (χ1n) is 6.50. The molecule has 0 unspecified atom stereocenters. The molecule has 0 aliphatic heterocycles. The van der Waals surface area contributed by atoms with Crippen molar-refractivity contribution in [2.24, 2.45) is 0 Å². The van der Waals surface area contributed by atoms with Crippen molar-refractivity contribution in [3.05, 3.63) is 78.1 Å². The first-order chi connectivity index (χ1) is 10.2. The van der Waals surface area contributed by atoms with Crippen LogP contribution in [0.1, 0.15) is 5.56 Å². The van der Waals surface area contributed by atoms with Gasteiger partial charge in [0.05, 0.1) is 11.4 Å². The molecule has 1 heterocycles. The lowest BCUT2D eigenvalue weighted by Gasteiger charge is -2.12. The molecule has 21 heavy (non-hydrogen) atoms. The van der Waals surface area contributed by atoms with E-state index in [0.29, 0.717) is 12.1 Å². The SMILES string of the molecule is Fc1cc(F)cc(CNc2ccccc2-n2cccn2)c1. The van der Waals surface area contributed by atoms with Crippen molar-refractivity contribution < 1.29 is 8.78 Å². The molecule has 0 amide bonds. The van der Waals surface area contributed by atoms with Crippen molar-refractivity contribution in [2.45, 2.75) is 6.54 Å². The number of anilines is 1. The van der Waals surface area contributed by atoms with Crippen LogP contribution in [0.15, 0.2) is 60.9 Å². The Hall–Kier alpha value is -2.69. The van der Waals surface area contributed by atoms with Crippen molar-refractivity contribution in [3.63, 3.8) is 0 Å². The Labute approximate surface area is 120 Å². The van der Waals surface area contributed by atoms with Crippen LogP contribution in [0.4, 0.5) is 14.5 Å². The average molecular weight is 285 g/mol. The fraction of sp³-hybridized carbons (Fsp3) is 0.0625. The monoisotopic (exact) mass is 285 g/mol. The van der Waals surface area contributed by atoms with E-state index in [-0.39, 0.29) is 0 Å². The summed E-state index contributed by atoms with van der Waals surface area (Å²) in [6, 6.07) is 12.9. The zero-order valence-electron chi connectivity index (χ0n) is 11.1. The van der Waals surface area contributed by atoms with Gasteiger partial charge in [0, 0.05) is 25.0 Å². The lowest BCUT2D eigenvalue weighted by atomic mass is 10.2. The number of para-hydroxylation sites is 2. The molecule has 0 bridgehead atoms. The van der Waals surface area contributed by atoms with E-state index in [1.54, 1.807) is 10.9 Å². The quantitative estimate of drug-likeness (QED) is 0.791. The number of hydrogen-bond donors (Lipinski definition) is 1. The van der Waals surface area contributed by atoms with E-state index >= 15 is 0 Å². The lowest BCUT2D eigenvalue weighted by molar-refractivity contribution is 0.580. The maximum absolute atomic E-state index is 13.2. The molecule has 3 nitrogen and oxygen atoms in total. The standard InChI is InChI=1S/C16H13F2N3/c17-13-8-12(9-14(18)10-13)11-19-15-4-1-2-5-16(15)21-7-3-6-20-21/h1-10,19H,11H2. The van der Waals surface area contributed by atoms with Gasteiger partial charge in [-0.25, -0.2) is 13.5 Å². The number of rotatable bonds is 4. The van der Waals surface area contributed by atoms with E-state index in [9.17, 15) is 8.78 Å². The predicted molar refractivity (Wildman–Crippen MR) is 77.2 cm³/mol. The topological polar surface area (TPSA) is 29.9 Å². The first-order valence-corrected chi connectivity index (χ1v) is 6.50. The summed E-state index contributed by atoms with van der Waals surface area (Å²) in [6.45, 7) is 0.326. The summed E-state index contributed by atoms with van der Waals surface area (Å²) < 4.78 is 28.1. The van der Waals surface area contributed by atoms with Gasteiger partial charge in [0.25, 0.3) is 0 Å². The van der Waals surface area contributed by atoms with E-state index in [4.69, 9.17) is 0 Å². The Kier molecular flexibility index (Phi) is 3.64. The summed E-state index contributed by atoms with van der Waals surface area (Å²) >= 11 is 0. The molecule has 0 aliphatic carbocycles. The summed E-state index contributed by atoms with van der Waals surface area (Å²) in [5, 5.41) is 7.37. The summed E-state index contributed by atoms with van der Waals surface area (Å²) in [6.07, 6.45) is 3.53. The molecule has 0 aliphatic rings. The van der Waals surface area contributed by atoms with E-state index in [0.717, 1.165) is 17.4 Å². The fourth-order valence-corrected chi connectivity index (χ4v) is 2.14. The highest BCUT2D eigenvalue weighted by Crippen LogP contribution is 2.20. The van der Waals surface area contributed by atoms with Gasteiger partial charge in [-0.05, 0) is 35.9 Å². The van der Waals surface area contributed by atoms with Gasteiger partial charge < -0.3 is 5.32 Å². The van der Waals surface area contributed by atoms with Crippen LogP contribution in [0.25, 0.3) is 5.69 Å². The van der Waals surface area contributed by atoms with Gasteiger partial charge in [0.2, 0.25) is 0 Å². The number of nitrogens with zero attached hydrogens (tertiary/aromatic N) is 2. The molecule has 0 fully saturated rings. The normalized spacial score (nSPS) is 10.6. The van der Waals surface area contributed by atoms with Crippen molar-refractivity contribution >= 4 is 5.69 Å². The Morgan fingerprint density at radius 1 is 1.00 bits per heavy atom. The number of aromatic nitrogens is 2. The number of benzene rings is 2. The largest absolute Gasteiger partial charge is 0.379 e. The van der Waals surface area contributed by atoms with E-state index in [1.807, 2.05) is 36.5 Å². The smallest absolute Gasteiger partial charge is 0.126 e. The Morgan fingerprint density at radius 3 is 2.48 bits per heavy atom. The Bertz CT molecular complexity index is 719. The maximum Gasteiger partial charge on any atom is 0.126 e. The third-order valence-corrected chi connectivity index (χ3v) is 3.06. The predicted octanol–water partition coefficient (Wildman–Crippen LogP) is 3.76. The van der Waals surface area contributed by atoms with Crippen LogP contribution in [0.3, 0.4) is 0 Å². The maximum atomic E-state index is 13.2. The number of halogens is 2. The number of nitrogens with one attached hydrogen (secondary N) is 1. The minimum Gasteiger partial charge on any atom is -0.379 e. The first kappa shape index (κ1) is 13.3. The second kappa shape index (κ2) is 5.75. The summed E-state index contributed by atoms with van der Waals surface area (Å²) in [5.74, 6) is -1.15. The molecule has 0 saturated heterocycles. The molecule has 0 spiro atoms.